The Bertz CT molecular complexity index is 687. The number of aromatic amines is 1. The van der Waals surface area contributed by atoms with Crippen molar-refractivity contribution in [3.05, 3.63) is 40.5 Å². The highest BCUT2D eigenvalue weighted by atomic mass is 35.5. The number of nitrogens with one attached hydrogen (secondary N) is 2. The SMILES string of the molecule is CCCc1[nH]nc(-c2ccc(Cl)cc2)c1C(=O)NC1CCCCC1. The number of hydrogen-bond acceptors (Lipinski definition) is 2. The van der Waals surface area contributed by atoms with E-state index in [-0.39, 0.29) is 11.9 Å². The monoisotopic (exact) mass is 345 g/mol. The van der Waals surface area contributed by atoms with Crippen molar-refractivity contribution in [3.63, 3.8) is 0 Å². The lowest BCUT2D eigenvalue weighted by molar-refractivity contribution is 0.0927. The van der Waals surface area contributed by atoms with E-state index in [1.165, 1.54) is 19.3 Å². The van der Waals surface area contributed by atoms with Crippen molar-refractivity contribution in [1.29, 1.82) is 0 Å². The molecule has 24 heavy (non-hydrogen) atoms. The molecule has 0 aliphatic heterocycles. The first kappa shape index (κ1) is 17.0. The summed E-state index contributed by atoms with van der Waals surface area (Å²) in [5.74, 6) is -0.0101. The zero-order valence-electron chi connectivity index (χ0n) is 14.1. The molecule has 0 unspecified atom stereocenters. The number of aryl methyl sites for hydroxylation is 1. The second-order valence-corrected chi connectivity index (χ2v) is 6.93. The summed E-state index contributed by atoms with van der Waals surface area (Å²) in [5.41, 5.74) is 3.22. The van der Waals surface area contributed by atoms with Crippen LogP contribution >= 0.6 is 11.6 Å². The van der Waals surface area contributed by atoms with Gasteiger partial charge in [-0.15, -0.1) is 0 Å². The largest absolute Gasteiger partial charge is 0.349 e. The highest BCUT2D eigenvalue weighted by molar-refractivity contribution is 6.30. The normalized spacial score (nSPS) is 15.4. The number of carbonyl (C=O) groups excluding carboxylic acids is 1. The molecular formula is C19H24ClN3O. The summed E-state index contributed by atoms with van der Waals surface area (Å²) in [4.78, 5) is 12.9. The average molecular weight is 346 g/mol. The first-order valence-corrected chi connectivity index (χ1v) is 9.21. The molecule has 0 radical (unpaired) electrons. The van der Waals surface area contributed by atoms with Gasteiger partial charge in [0.05, 0.1) is 5.56 Å². The number of H-pyrrole nitrogens is 1. The fourth-order valence-corrected chi connectivity index (χ4v) is 3.50. The number of rotatable bonds is 5. The minimum atomic E-state index is -0.0101. The van der Waals surface area contributed by atoms with Gasteiger partial charge in [-0.25, -0.2) is 0 Å². The van der Waals surface area contributed by atoms with Crippen LogP contribution in [-0.2, 0) is 6.42 Å². The average Bonchev–Trinajstić information content (AvgIpc) is 3.00. The van der Waals surface area contributed by atoms with Crippen LogP contribution in [0.25, 0.3) is 11.3 Å². The molecule has 3 rings (SSSR count). The third kappa shape index (κ3) is 3.81. The predicted octanol–water partition coefficient (Wildman–Crippen LogP) is 4.75. The van der Waals surface area contributed by atoms with Crippen molar-refractivity contribution in [2.24, 2.45) is 0 Å². The van der Waals surface area contributed by atoms with Crippen LogP contribution in [0.1, 0.15) is 61.5 Å². The van der Waals surface area contributed by atoms with E-state index in [4.69, 9.17) is 11.6 Å². The van der Waals surface area contributed by atoms with E-state index < -0.39 is 0 Å². The van der Waals surface area contributed by atoms with E-state index in [1.54, 1.807) is 0 Å². The van der Waals surface area contributed by atoms with Gasteiger partial charge in [0.25, 0.3) is 5.91 Å². The van der Waals surface area contributed by atoms with Crippen molar-refractivity contribution < 1.29 is 4.79 Å². The van der Waals surface area contributed by atoms with Gasteiger partial charge in [0.1, 0.15) is 5.69 Å². The molecule has 1 aromatic heterocycles. The minimum Gasteiger partial charge on any atom is -0.349 e. The van der Waals surface area contributed by atoms with Crippen LogP contribution in [0.3, 0.4) is 0 Å². The van der Waals surface area contributed by atoms with Crippen LogP contribution in [0.5, 0.6) is 0 Å². The molecule has 128 valence electrons. The van der Waals surface area contributed by atoms with E-state index in [9.17, 15) is 4.79 Å². The summed E-state index contributed by atoms with van der Waals surface area (Å²) in [7, 11) is 0. The Balaban J connectivity index is 1.89. The van der Waals surface area contributed by atoms with E-state index in [2.05, 4.69) is 22.4 Å². The number of nitrogens with zero attached hydrogens (tertiary/aromatic N) is 1. The molecule has 0 saturated heterocycles. The second kappa shape index (κ2) is 7.84. The van der Waals surface area contributed by atoms with Gasteiger partial charge < -0.3 is 5.32 Å². The topological polar surface area (TPSA) is 57.8 Å². The van der Waals surface area contributed by atoms with Crippen molar-refractivity contribution in [2.45, 2.75) is 57.9 Å². The van der Waals surface area contributed by atoms with Gasteiger partial charge in [0.2, 0.25) is 0 Å². The molecule has 1 aliphatic carbocycles. The molecule has 2 N–H and O–H groups in total. The third-order valence-electron chi connectivity index (χ3n) is 4.63. The first-order valence-electron chi connectivity index (χ1n) is 8.83. The maximum atomic E-state index is 12.9. The maximum Gasteiger partial charge on any atom is 0.255 e. The summed E-state index contributed by atoms with van der Waals surface area (Å²) in [5, 5.41) is 11.4. The Labute approximate surface area is 148 Å². The van der Waals surface area contributed by atoms with Crippen LogP contribution in [0.15, 0.2) is 24.3 Å². The Morgan fingerprint density at radius 3 is 2.62 bits per heavy atom. The molecule has 1 saturated carbocycles. The van der Waals surface area contributed by atoms with Crippen molar-refractivity contribution in [2.75, 3.05) is 0 Å². The summed E-state index contributed by atoms with van der Waals surface area (Å²) < 4.78 is 0. The molecule has 2 aromatic rings. The van der Waals surface area contributed by atoms with E-state index in [0.717, 1.165) is 36.9 Å². The zero-order valence-corrected chi connectivity index (χ0v) is 14.8. The van der Waals surface area contributed by atoms with Crippen molar-refractivity contribution in [3.8, 4) is 11.3 Å². The number of halogens is 1. The predicted molar refractivity (Wildman–Crippen MR) is 97.4 cm³/mol. The molecule has 0 spiro atoms. The fraction of sp³-hybridized carbons (Fsp3) is 0.474. The smallest absolute Gasteiger partial charge is 0.255 e. The molecule has 0 bridgehead atoms. The highest BCUT2D eigenvalue weighted by Gasteiger charge is 2.24. The van der Waals surface area contributed by atoms with Gasteiger partial charge in [-0.2, -0.15) is 5.10 Å². The first-order chi connectivity index (χ1) is 11.7. The van der Waals surface area contributed by atoms with Crippen molar-refractivity contribution >= 4 is 17.5 Å². The molecule has 1 heterocycles. The van der Waals surface area contributed by atoms with Crippen LogP contribution in [0, 0.1) is 0 Å². The van der Waals surface area contributed by atoms with Gasteiger partial charge in [-0.3, -0.25) is 9.89 Å². The summed E-state index contributed by atoms with van der Waals surface area (Å²) in [6.07, 6.45) is 7.59. The standard InChI is InChI=1S/C19H24ClN3O/c1-2-6-16-17(19(24)21-15-7-4-3-5-8-15)18(23-22-16)13-9-11-14(20)12-10-13/h9-12,15H,2-8H2,1H3,(H,21,24)(H,22,23). The molecule has 1 aliphatic rings. The zero-order chi connectivity index (χ0) is 16.9. The van der Waals surface area contributed by atoms with Gasteiger partial charge in [0, 0.05) is 22.3 Å². The van der Waals surface area contributed by atoms with Crippen LogP contribution in [0.4, 0.5) is 0 Å². The number of carbonyl (C=O) groups is 1. The quantitative estimate of drug-likeness (QED) is 0.821. The van der Waals surface area contributed by atoms with Gasteiger partial charge >= 0.3 is 0 Å². The summed E-state index contributed by atoms with van der Waals surface area (Å²) in [6.45, 7) is 2.10. The highest BCUT2D eigenvalue weighted by Crippen LogP contribution is 2.27. The Hall–Kier alpha value is -1.81. The lowest BCUT2D eigenvalue weighted by atomic mass is 9.95. The number of benzene rings is 1. The number of amides is 1. The fourth-order valence-electron chi connectivity index (χ4n) is 3.37. The van der Waals surface area contributed by atoms with E-state index in [1.807, 2.05) is 24.3 Å². The molecule has 1 fully saturated rings. The second-order valence-electron chi connectivity index (χ2n) is 6.49. The number of aromatic nitrogens is 2. The van der Waals surface area contributed by atoms with Gasteiger partial charge in [0.15, 0.2) is 0 Å². The van der Waals surface area contributed by atoms with Gasteiger partial charge in [-0.05, 0) is 31.4 Å². The number of hydrogen-bond donors (Lipinski definition) is 2. The molecule has 1 aromatic carbocycles. The lowest BCUT2D eigenvalue weighted by Gasteiger charge is -2.23. The molecular weight excluding hydrogens is 322 g/mol. The molecule has 5 heteroatoms. The van der Waals surface area contributed by atoms with Gasteiger partial charge in [-0.1, -0.05) is 56.3 Å². The van der Waals surface area contributed by atoms with Crippen LogP contribution in [-0.4, -0.2) is 22.1 Å². The summed E-state index contributed by atoms with van der Waals surface area (Å²) >= 11 is 5.98. The Morgan fingerprint density at radius 2 is 1.96 bits per heavy atom. The van der Waals surface area contributed by atoms with Crippen LogP contribution < -0.4 is 5.32 Å². The summed E-state index contributed by atoms with van der Waals surface area (Å²) in [6, 6.07) is 7.76. The van der Waals surface area contributed by atoms with E-state index in [0.29, 0.717) is 16.3 Å². The maximum absolute atomic E-state index is 12.9. The Kier molecular flexibility index (Phi) is 5.56. The van der Waals surface area contributed by atoms with Crippen molar-refractivity contribution in [1.82, 2.24) is 15.5 Å². The Morgan fingerprint density at radius 1 is 1.25 bits per heavy atom. The third-order valence-corrected chi connectivity index (χ3v) is 4.88. The lowest BCUT2D eigenvalue weighted by Crippen LogP contribution is -2.36. The molecule has 0 atom stereocenters. The van der Waals surface area contributed by atoms with E-state index >= 15 is 0 Å². The molecule has 4 nitrogen and oxygen atoms in total. The van der Waals surface area contributed by atoms with Crippen LogP contribution in [0.2, 0.25) is 5.02 Å². The molecule has 1 amide bonds. The minimum absolute atomic E-state index is 0.0101.